The van der Waals surface area contributed by atoms with Gasteiger partial charge in [0.1, 0.15) is 11.5 Å². The molecule has 1 aliphatic rings. The molecule has 0 bridgehead atoms. The average molecular weight is 247 g/mol. The summed E-state index contributed by atoms with van der Waals surface area (Å²) >= 11 is 0. The van der Waals surface area contributed by atoms with Gasteiger partial charge in [-0.25, -0.2) is 0 Å². The van der Waals surface area contributed by atoms with Gasteiger partial charge in [-0.1, -0.05) is 19.1 Å². The van der Waals surface area contributed by atoms with Crippen LogP contribution in [0.1, 0.15) is 37.9 Å². The van der Waals surface area contributed by atoms with Crippen LogP contribution in [0.15, 0.2) is 29.4 Å². The van der Waals surface area contributed by atoms with Crippen LogP contribution in [0, 0.1) is 16.7 Å². The molecular weight excluding hydrogens is 230 g/mol. The first-order valence-corrected chi connectivity index (χ1v) is 6.26. The fourth-order valence-corrected chi connectivity index (χ4v) is 2.53. The van der Waals surface area contributed by atoms with Crippen LogP contribution in [0.2, 0.25) is 0 Å². The molecule has 0 amide bonds. The number of carbonyl (C=O) groups is 1. The summed E-state index contributed by atoms with van der Waals surface area (Å²) in [5, 5.41) is 13.1. The first-order valence-electron chi connectivity index (χ1n) is 6.26. The maximum atomic E-state index is 11.8. The SMILES string of the molecule is C[C@H]1CCC(=O)[C@H]([C@@H](O)c2ccc(N=O)cc2)C1. The molecule has 18 heavy (non-hydrogen) atoms. The zero-order valence-corrected chi connectivity index (χ0v) is 10.4. The second kappa shape index (κ2) is 5.40. The summed E-state index contributed by atoms with van der Waals surface area (Å²) in [7, 11) is 0. The Balaban J connectivity index is 2.15. The lowest BCUT2D eigenvalue weighted by Gasteiger charge is -2.29. The van der Waals surface area contributed by atoms with Crippen LogP contribution in [0.5, 0.6) is 0 Å². The Kier molecular flexibility index (Phi) is 3.87. The first-order chi connectivity index (χ1) is 8.61. The van der Waals surface area contributed by atoms with E-state index in [2.05, 4.69) is 12.1 Å². The third-order valence-electron chi connectivity index (χ3n) is 3.67. The summed E-state index contributed by atoms with van der Waals surface area (Å²) < 4.78 is 0. The molecule has 2 rings (SSSR count). The lowest BCUT2D eigenvalue weighted by molar-refractivity contribution is -0.129. The van der Waals surface area contributed by atoms with Crippen molar-refractivity contribution in [2.45, 2.75) is 32.3 Å². The number of hydrogen-bond acceptors (Lipinski definition) is 4. The van der Waals surface area contributed by atoms with Crippen molar-refractivity contribution in [2.75, 3.05) is 0 Å². The average Bonchev–Trinajstić information content (AvgIpc) is 2.41. The fourth-order valence-electron chi connectivity index (χ4n) is 2.53. The van der Waals surface area contributed by atoms with Crippen LogP contribution >= 0.6 is 0 Å². The van der Waals surface area contributed by atoms with Crippen molar-refractivity contribution in [3.05, 3.63) is 34.7 Å². The zero-order chi connectivity index (χ0) is 13.1. The predicted octanol–water partition coefficient (Wildman–Crippen LogP) is 3.12. The summed E-state index contributed by atoms with van der Waals surface area (Å²) in [6.07, 6.45) is 1.42. The molecule has 1 N–H and O–H groups in total. The van der Waals surface area contributed by atoms with Gasteiger partial charge in [0.15, 0.2) is 0 Å². The van der Waals surface area contributed by atoms with E-state index < -0.39 is 6.10 Å². The van der Waals surface area contributed by atoms with Gasteiger partial charge in [-0.3, -0.25) is 4.79 Å². The molecule has 0 saturated heterocycles. The maximum Gasteiger partial charge on any atom is 0.138 e. The summed E-state index contributed by atoms with van der Waals surface area (Å²) in [6, 6.07) is 6.44. The summed E-state index contributed by atoms with van der Waals surface area (Å²) in [5.74, 6) is 0.292. The molecule has 3 atom stereocenters. The number of aliphatic hydroxyl groups is 1. The summed E-state index contributed by atoms with van der Waals surface area (Å²) in [6.45, 7) is 2.10. The van der Waals surface area contributed by atoms with Crippen molar-refractivity contribution < 1.29 is 9.90 Å². The van der Waals surface area contributed by atoms with E-state index in [-0.39, 0.29) is 11.7 Å². The van der Waals surface area contributed by atoms with Crippen LogP contribution < -0.4 is 0 Å². The van der Waals surface area contributed by atoms with Crippen LogP contribution in [0.25, 0.3) is 0 Å². The fraction of sp³-hybridized carbons (Fsp3) is 0.500. The molecule has 0 heterocycles. The third-order valence-corrected chi connectivity index (χ3v) is 3.67. The van der Waals surface area contributed by atoms with Gasteiger partial charge in [-0.2, -0.15) is 0 Å². The van der Waals surface area contributed by atoms with Crippen molar-refractivity contribution in [3.8, 4) is 0 Å². The van der Waals surface area contributed by atoms with E-state index in [1.165, 1.54) is 0 Å². The highest BCUT2D eigenvalue weighted by molar-refractivity contribution is 5.82. The van der Waals surface area contributed by atoms with Gasteiger partial charge < -0.3 is 5.11 Å². The summed E-state index contributed by atoms with van der Waals surface area (Å²) in [4.78, 5) is 22.2. The van der Waals surface area contributed by atoms with Crippen molar-refractivity contribution in [3.63, 3.8) is 0 Å². The lowest BCUT2D eigenvalue weighted by atomic mass is 9.77. The van der Waals surface area contributed by atoms with Gasteiger partial charge in [-0.15, -0.1) is 4.91 Å². The smallest absolute Gasteiger partial charge is 0.138 e. The number of ketones is 1. The van der Waals surface area contributed by atoms with Crippen LogP contribution in [0.4, 0.5) is 5.69 Å². The minimum atomic E-state index is -0.777. The Labute approximate surface area is 106 Å². The number of carbonyl (C=O) groups excluding carboxylic acids is 1. The molecule has 1 saturated carbocycles. The van der Waals surface area contributed by atoms with Crippen molar-refractivity contribution in [1.29, 1.82) is 0 Å². The maximum absolute atomic E-state index is 11.8. The highest BCUT2D eigenvalue weighted by atomic mass is 16.3. The Morgan fingerprint density at radius 1 is 1.33 bits per heavy atom. The molecule has 4 nitrogen and oxygen atoms in total. The quantitative estimate of drug-likeness (QED) is 0.834. The second-order valence-electron chi connectivity index (χ2n) is 5.08. The van der Waals surface area contributed by atoms with Gasteiger partial charge in [0.2, 0.25) is 0 Å². The Bertz CT molecular complexity index is 441. The predicted molar refractivity (Wildman–Crippen MR) is 68.4 cm³/mol. The molecule has 0 aromatic heterocycles. The van der Waals surface area contributed by atoms with Gasteiger partial charge in [-0.05, 0) is 41.6 Å². The molecule has 1 aromatic rings. The first kappa shape index (κ1) is 12.9. The highest BCUT2D eigenvalue weighted by Crippen LogP contribution is 2.35. The Morgan fingerprint density at radius 2 is 2.00 bits per heavy atom. The van der Waals surface area contributed by atoms with Crippen molar-refractivity contribution >= 4 is 11.5 Å². The highest BCUT2D eigenvalue weighted by Gasteiger charge is 2.32. The topological polar surface area (TPSA) is 66.7 Å². The van der Waals surface area contributed by atoms with Crippen molar-refractivity contribution in [2.24, 2.45) is 17.0 Å². The van der Waals surface area contributed by atoms with Crippen molar-refractivity contribution in [1.82, 2.24) is 0 Å². The zero-order valence-electron chi connectivity index (χ0n) is 10.4. The molecule has 0 aliphatic heterocycles. The standard InChI is InChI=1S/C14H17NO3/c1-9-2-7-13(16)12(8-9)14(17)10-3-5-11(15-18)6-4-10/h3-6,9,12,14,17H,2,7-8H2,1H3/t9-,12+,14-/m0/s1. The van der Waals surface area contributed by atoms with Gasteiger partial charge in [0.05, 0.1) is 6.10 Å². The van der Waals surface area contributed by atoms with E-state index in [0.29, 0.717) is 23.6 Å². The van der Waals surface area contributed by atoms with E-state index in [9.17, 15) is 14.8 Å². The molecule has 0 spiro atoms. The third kappa shape index (κ3) is 2.64. The summed E-state index contributed by atoms with van der Waals surface area (Å²) in [5.41, 5.74) is 1.00. The number of hydrogen-bond donors (Lipinski definition) is 1. The van der Waals surface area contributed by atoms with Gasteiger partial charge in [0, 0.05) is 12.3 Å². The molecule has 4 heteroatoms. The van der Waals surface area contributed by atoms with E-state index in [4.69, 9.17) is 0 Å². The number of rotatable bonds is 3. The van der Waals surface area contributed by atoms with Gasteiger partial charge in [0.25, 0.3) is 0 Å². The Morgan fingerprint density at radius 3 is 2.61 bits per heavy atom. The number of nitroso groups, excluding NO2 is 1. The van der Waals surface area contributed by atoms with E-state index in [0.717, 1.165) is 12.8 Å². The lowest BCUT2D eigenvalue weighted by Crippen LogP contribution is -2.28. The number of nitrogens with zero attached hydrogens (tertiary/aromatic N) is 1. The van der Waals surface area contributed by atoms with Crippen LogP contribution in [-0.4, -0.2) is 10.9 Å². The second-order valence-corrected chi connectivity index (χ2v) is 5.08. The minimum Gasteiger partial charge on any atom is -0.388 e. The largest absolute Gasteiger partial charge is 0.388 e. The molecule has 96 valence electrons. The molecule has 0 radical (unpaired) electrons. The number of benzene rings is 1. The van der Waals surface area contributed by atoms with Crippen LogP contribution in [-0.2, 0) is 4.79 Å². The Hall–Kier alpha value is -1.55. The minimum absolute atomic E-state index is 0.137. The number of Topliss-reactive ketones (excluding diaryl/α,β-unsaturated/α-hetero) is 1. The van der Waals surface area contributed by atoms with E-state index in [1.807, 2.05) is 0 Å². The molecule has 1 aromatic carbocycles. The van der Waals surface area contributed by atoms with Crippen LogP contribution in [0.3, 0.4) is 0 Å². The molecule has 1 fully saturated rings. The monoisotopic (exact) mass is 247 g/mol. The molecule has 1 aliphatic carbocycles. The van der Waals surface area contributed by atoms with E-state index >= 15 is 0 Å². The van der Waals surface area contributed by atoms with Gasteiger partial charge >= 0.3 is 0 Å². The van der Waals surface area contributed by atoms with E-state index in [1.54, 1.807) is 24.3 Å². The molecule has 0 unspecified atom stereocenters. The normalized spacial score (nSPS) is 25.8. The number of aliphatic hydroxyl groups excluding tert-OH is 1. The molecular formula is C14H17NO3.